The Morgan fingerprint density at radius 3 is 1.17 bits per heavy atom. The van der Waals surface area contributed by atoms with Gasteiger partial charge in [0, 0.05) is 47.6 Å². The zero-order valence-electron chi connectivity index (χ0n) is 38.7. The van der Waals surface area contributed by atoms with Gasteiger partial charge in [-0.2, -0.15) is 0 Å². The lowest BCUT2D eigenvalue weighted by molar-refractivity contribution is -0.155. The van der Waals surface area contributed by atoms with Crippen LogP contribution in [-0.4, -0.2) is 63.8 Å². The standard InChI is InChI=1S/C52H82O8/c1-7-11-15-19-21-25-33-55-37-43(59-49(53)27-23-17-13-9-3)39-57-51-45-31-29-42(6)36-48(45)52(46-32-30-41(5)35-47(46)51)58-40-44(60-50(54)28-24-18-14-10-4)38-56-34-26-22-20-16-12-8-2/h29-32,35-36,43-44H,7-28,33-34,37-40H2,1-6H3. The Balaban J connectivity index is 1.85. The summed E-state index contributed by atoms with van der Waals surface area (Å²) in [5.74, 6) is 1.02. The summed E-state index contributed by atoms with van der Waals surface area (Å²) in [7, 11) is 0. The highest BCUT2D eigenvalue weighted by Crippen LogP contribution is 2.44. The molecule has 0 saturated carbocycles. The van der Waals surface area contributed by atoms with Crippen molar-refractivity contribution in [3.05, 3.63) is 47.5 Å². The number of esters is 2. The average Bonchev–Trinajstić information content (AvgIpc) is 3.23. The van der Waals surface area contributed by atoms with Crippen LogP contribution in [0.5, 0.6) is 11.5 Å². The first-order valence-electron chi connectivity index (χ1n) is 24.1. The van der Waals surface area contributed by atoms with E-state index in [9.17, 15) is 9.59 Å². The van der Waals surface area contributed by atoms with Gasteiger partial charge in [0.25, 0.3) is 0 Å². The lowest BCUT2D eigenvalue weighted by Crippen LogP contribution is -2.30. The fourth-order valence-corrected chi connectivity index (χ4v) is 7.55. The van der Waals surface area contributed by atoms with Crippen LogP contribution in [-0.2, 0) is 28.5 Å². The molecule has 8 heteroatoms. The van der Waals surface area contributed by atoms with Crippen molar-refractivity contribution in [3.63, 3.8) is 0 Å². The summed E-state index contributed by atoms with van der Waals surface area (Å²) in [6.07, 6.45) is 22.0. The van der Waals surface area contributed by atoms with E-state index in [1.165, 1.54) is 51.4 Å². The molecule has 0 aliphatic rings. The van der Waals surface area contributed by atoms with Crippen LogP contribution in [0.1, 0.15) is 180 Å². The number of hydrogen-bond donors (Lipinski definition) is 0. The van der Waals surface area contributed by atoms with Gasteiger partial charge in [-0.3, -0.25) is 9.59 Å². The van der Waals surface area contributed by atoms with Crippen LogP contribution in [0.3, 0.4) is 0 Å². The van der Waals surface area contributed by atoms with Crippen molar-refractivity contribution in [2.75, 3.05) is 39.6 Å². The second kappa shape index (κ2) is 31.5. The summed E-state index contributed by atoms with van der Waals surface area (Å²) in [5.41, 5.74) is 2.17. The molecule has 0 heterocycles. The minimum Gasteiger partial charge on any atom is -0.488 e. The van der Waals surface area contributed by atoms with Gasteiger partial charge in [-0.25, -0.2) is 0 Å². The molecule has 0 amide bonds. The maximum Gasteiger partial charge on any atom is 0.306 e. The highest BCUT2D eigenvalue weighted by atomic mass is 16.6. The fraction of sp³-hybridized carbons (Fsp3) is 0.692. The molecule has 0 aromatic heterocycles. The second-order valence-electron chi connectivity index (χ2n) is 16.9. The second-order valence-corrected chi connectivity index (χ2v) is 16.9. The van der Waals surface area contributed by atoms with Crippen molar-refractivity contribution in [1.29, 1.82) is 0 Å². The number of rotatable bonds is 36. The van der Waals surface area contributed by atoms with Crippen LogP contribution in [0.4, 0.5) is 0 Å². The predicted molar refractivity (Wildman–Crippen MR) is 248 cm³/mol. The number of carbonyl (C=O) groups excluding carboxylic acids is 2. The van der Waals surface area contributed by atoms with Crippen LogP contribution in [0.2, 0.25) is 0 Å². The summed E-state index contributed by atoms with van der Waals surface area (Å²) >= 11 is 0. The van der Waals surface area contributed by atoms with Crippen molar-refractivity contribution in [2.45, 2.75) is 195 Å². The van der Waals surface area contributed by atoms with Gasteiger partial charge in [0.05, 0.1) is 13.2 Å². The van der Waals surface area contributed by atoms with Crippen molar-refractivity contribution in [3.8, 4) is 11.5 Å². The van der Waals surface area contributed by atoms with E-state index in [2.05, 4.69) is 77.9 Å². The first kappa shape index (κ1) is 51.0. The largest absolute Gasteiger partial charge is 0.488 e. The van der Waals surface area contributed by atoms with E-state index in [0.717, 1.165) is 110 Å². The molecule has 3 rings (SSSR count). The van der Waals surface area contributed by atoms with Gasteiger partial charge in [0.1, 0.15) is 24.7 Å². The van der Waals surface area contributed by atoms with E-state index >= 15 is 0 Å². The number of benzene rings is 3. The van der Waals surface area contributed by atoms with Crippen LogP contribution in [0, 0.1) is 13.8 Å². The van der Waals surface area contributed by atoms with Crippen LogP contribution in [0.15, 0.2) is 36.4 Å². The third-order valence-corrected chi connectivity index (χ3v) is 11.1. The Kier molecular flexibility index (Phi) is 26.8. The van der Waals surface area contributed by atoms with E-state index in [1.807, 2.05) is 0 Å². The summed E-state index contributed by atoms with van der Waals surface area (Å²) in [5, 5.41) is 3.61. The molecule has 3 aromatic rings. The Hall–Kier alpha value is -3.36. The van der Waals surface area contributed by atoms with Crippen molar-refractivity contribution in [2.24, 2.45) is 0 Å². The lowest BCUT2D eigenvalue weighted by Gasteiger charge is -2.23. The maximum atomic E-state index is 13.0. The number of aryl methyl sites for hydroxylation is 2. The normalized spacial score (nSPS) is 12.5. The summed E-state index contributed by atoms with van der Waals surface area (Å²) in [6, 6.07) is 12.6. The number of carbonyl (C=O) groups is 2. The van der Waals surface area contributed by atoms with E-state index < -0.39 is 12.2 Å². The Labute approximate surface area is 364 Å². The fourth-order valence-electron chi connectivity index (χ4n) is 7.55. The highest BCUT2D eigenvalue weighted by Gasteiger charge is 2.23. The zero-order valence-corrected chi connectivity index (χ0v) is 38.7. The predicted octanol–water partition coefficient (Wildman–Crippen LogP) is 13.9. The third kappa shape index (κ3) is 20.0. The van der Waals surface area contributed by atoms with Gasteiger partial charge in [-0.1, -0.05) is 166 Å². The lowest BCUT2D eigenvalue weighted by atomic mass is 9.97. The molecule has 0 spiro atoms. The molecule has 2 atom stereocenters. The third-order valence-electron chi connectivity index (χ3n) is 11.1. The average molecular weight is 835 g/mol. The SMILES string of the molecule is CCCCCCCCOCC(COc1c2ccc(C)cc2c(OCC(COCCCCCCCC)OC(=O)CCCCCC)c2ccc(C)cc12)OC(=O)CCCCCC. The van der Waals surface area contributed by atoms with Crippen LogP contribution >= 0.6 is 0 Å². The number of hydrogen-bond acceptors (Lipinski definition) is 8. The molecule has 2 unspecified atom stereocenters. The zero-order chi connectivity index (χ0) is 43.2. The molecule has 60 heavy (non-hydrogen) atoms. The number of ether oxygens (including phenoxy) is 6. The molecule has 8 nitrogen and oxygen atoms in total. The molecule has 338 valence electrons. The molecule has 0 saturated heterocycles. The molecule has 0 radical (unpaired) electrons. The van der Waals surface area contributed by atoms with Gasteiger partial charge in [0.2, 0.25) is 0 Å². The van der Waals surface area contributed by atoms with Crippen LogP contribution in [0.25, 0.3) is 21.5 Å². The molecule has 3 aromatic carbocycles. The molecule has 0 aliphatic heterocycles. The summed E-state index contributed by atoms with van der Waals surface area (Å²) in [4.78, 5) is 26.1. The molecule has 0 fully saturated rings. The van der Waals surface area contributed by atoms with Gasteiger partial charge >= 0.3 is 11.9 Å². The number of fused-ring (bicyclic) bond motifs is 2. The van der Waals surface area contributed by atoms with Gasteiger partial charge < -0.3 is 28.4 Å². The van der Waals surface area contributed by atoms with Gasteiger partial charge in [0.15, 0.2) is 12.2 Å². The van der Waals surface area contributed by atoms with Gasteiger partial charge in [-0.05, 0) is 51.7 Å². The molecular weight excluding hydrogens is 753 g/mol. The van der Waals surface area contributed by atoms with Crippen molar-refractivity contribution < 1.29 is 38.0 Å². The number of unbranched alkanes of at least 4 members (excludes halogenated alkanes) is 16. The topological polar surface area (TPSA) is 89.5 Å². The molecule has 0 N–H and O–H groups in total. The maximum absolute atomic E-state index is 13.0. The van der Waals surface area contributed by atoms with Gasteiger partial charge in [-0.15, -0.1) is 0 Å². The molecular formula is C52H82O8. The highest BCUT2D eigenvalue weighted by molar-refractivity contribution is 6.11. The quantitative estimate of drug-likeness (QED) is 0.0325. The Morgan fingerprint density at radius 1 is 0.433 bits per heavy atom. The molecule has 0 aliphatic carbocycles. The van der Waals surface area contributed by atoms with E-state index in [-0.39, 0.29) is 38.4 Å². The monoisotopic (exact) mass is 835 g/mol. The smallest absolute Gasteiger partial charge is 0.306 e. The summed E-state index contributed by atoms with van der Waals surface area (Å²) < 4.78 is 37.8. The Morgan fingerprint density at radius 2 is 0.783 bits per heavy atom. The van der Waals surface area contributed by atoms with Crippen LogP contribution < -0.4 is 9.47 Å². The van der Waals surface area contributed by atoms with E-state index in [4.69, 9.17) is 28.4 Å². The van der Waals surface area contributed by atoms with Crippen molar-refractivity contribution >= 4 is 33.5 Å². The first-order chi connectivity index (χ1) is 29.3. The van der Waals surface area contributed by atoms with Crippen molar-refractivity contribution in [1.82, 2.24) is 0 Å². The minimum atomic E-state index is -0.547. The summed E-state index contributed by atoms with van der Waals surface area (Å²) in [6.45, 7) is 15.1. The Bertz CT molecular complexity index is 1500. The minimum absolute atomic E-state index is 0.162. The van der Waals surface area contributed by atoms with E-state index in [1.54, 1.807) is 0 Å². The molecule has 0 bridgehead atoms. The van der Waals surface area contributed by atoms with E-state index in [0.29, 0.717) is 37.6 Å². The first-order valence-corrected chi connectivity index (χ1v) is 24.1.